The number of ether oxygens (including phenoxy) is 2. The molecule has 0 radical (unpaired) electrons. The molecule has 0 aromatic heterocycles. The van der Waals surface area contributed by atoms with E-state index in [0.717, 1.165) is 9.87 Å². The Morgan fingerprint density at radius 2 is 1.66 bits per heavy atom. The van der Waals surface area contributed by atoms with Crippen molar-refractivity contribution in [2.75, 3.05) is 13.2 Å². The third-order valence-corrected chi connectivity index (χ3v) is 12.6. The summed E-state index contributed by atoms with van der Waals surface area (Å²) in [4.78, 5) is 24.5. The van der Waals surface area contributed by atoms with Gasteiger partial charge in [-0.1, -0.05) is 51.1 Å². The number of esters is 1. The molecule has 1 aliphatic rings. The van der Waals surface area contributed by atoms with Crippen LogP contribution in [0, 0.1) is 0 Å². The van der Waals surface area contributed by atoms with Crippen molar-refractivity contribution < 1.29 is 31.9 Å². The highest BCUT2D eigenvalue weighted by Gasteiger charge is 2.41. The van der Waals surface area contributed by atoms with Crippen molar-refractivity contribution >= 4 is 30.6 Å². The molecule has 0 unspecified atom stereocenters. The Kier molecular flexibility index (Phi) is 10.3. The van der Waals surface area contributed by atoms with Crippen LogP contribution in [0.1, 0.15) is 58.9 Å². The summed E-state index contributed by atoms with van der Waals surface area (Å²) >= 11 is 0. The van der Waals surface area contributed by atoms with Gasteiger partial charge in [-0.2, -0.15) is 12.7 Å². The maximum atomic E-state index is 13.1. The quantitative estimate of drug-likeness (QED) is 0.355. The number of hydrogen-bond donors (Lipinski definition) is 1. The SMILES string of the molecule is CCOC(=O)CN(C1CCC(O[Si](C)(C)C(C)(C)C)CC1)S(=O)(=O)NC(=O)OCc1ccccc1. The molecule has 0 atom stereocenters. The maximum Gasteiger partial charge on any atom is 0.422 e. The van der Waals surface area contributed by atoms with E-state index in [2.05, 4.69) is 33.9 Å². The van der Waals surface area contributed by atoms with Gasteiger partial charge in [0.15, 0.2) is 8.32 Å². The van der Waals surface area contributed by atoms with Crippen LogP contribution in [0.25, 0.3) is 0 Å². The minimum atomic E-state index is -4.34. The molecule has 1 aromatic carbocycles. The van der Waals surface area contributed by atoms with E-state index >= 15 is 0 Å². The number of carbonyl (C=O) groups is 2. The summed E-state index contributed by atoms with van der Waals surface area (Å²) in [6.45, 7) is 12.2. The highest BCUT2D eigenvalue weighted by molar-refractivity contribution is 7.87. The molecule has 1 amide bonds. The van der Waals surface area contributed by atoms with Gasteiger partial charge in [0.1, 0.15) is 13.2 Å². The van der Waals surface area contributed by atoms with Crippen LogP contribution in [0.5, 0.6) is 0 Å². The van der Waals surface area contributed by atoms with Crippen molar-refractivity contribution in [3.8, 4) is 0 Å². The number of amides is 1. The van der Waals surface area contributed by atoms with Gasteiger partial charge in [0.05, 0.1) is 6.61 Å². The lowest BCUT2D eigenvalue weighted by molar-refractivity contribution is -0.143. The summed E-state index contributed by atoms with van der Waals surface area (Å²) in [5, 5.41) is 0.0766. The number of nitrogens with zero attached hydrogens (tertiary/aromatic N) is 1. The minimum absolute atomic E-state index is 0.0445. The molecule has 35 heavy (non-hydrogen) atoms. The van der Waals surface area contributed by atoms with Crippen LogP contribution in [0.2, 0.25) is 18.1 Å². The van der Waals surface area contributed by atoms with E-state index in [4.69, 9.17) is 13.9 Å². The van der Waals surface area contributed by atoms with E-state index in [-0.39, 0.29) is 24.4 Å². The highest BCUT2D eigenvalue weighted by Crippen LogP contribution is 2.39. The standard InChI is InChI=1S/C24H40N2O7SSi/c1-7-31-22(27)17-26(20-13-15-21(16-14-20)33-35(5,6)24(2,3)4)34(29,30)25-23(28)32-18-19-11-9-8-10-12-19/h8-12,20-21H,7,13-18H2,1-6H3,(H,25,28). The minimum Gasteiger partial charge on any atom is -0.465 e. The van der Waals surface area contributed by atoms with Gasteiger partial charge in [0.2, 0.25) is 0 Å². The first-order valence-electron chi connectivity index (χ1n) is 12.1. The van der Waals surface area contributed by atoms with Crippen LogP contribution in [0.4, 0.5) is 4.79 Å². The van der Waals surface area contributed by atoms with Crippen LogP contribution < -0.4 is 4.72 Å². The lowest BCUT2D eigenvalue weighted by Gasteiger charge is -2.42. The fourth-order valence-electron chi connectivity index (χ4n) is 3.71. The zero-order valence-electron chi connectivity index (χ0n) is 21.7. The van der Waals surface area contributed by atoms with E-state index in [1.807, 2.05) is 10.8 Å². The first-order chi connectivity index (χ1) is 16.2. The number of carbonyl (C=O) groups excluding carboxylic acids is 2. The van der Waals surface area contributed by atoms with E-state index in [9.17, 15) is 18.0 Å². The Labute approximate surface area is 210 Å². The predicted octanol–water partition coefficient (Wildman–Crippen LogP) is 4.36. The summed E-state index contributed by atoms with van der Waals surface area (Å²) in [6, 6.07) is 8.48. The summed E-state index contributed by atoms with van der Waals surface area (Å²) in [7, 11) is -6.29. The molecular weight excluding hydrogens is 488 g/mol. The van der Waals surface area contributed by atoms with Crippen molar-refractivity contribution in [2.24, 2.45) is 0 Å². The zero-order valence-corrected chi connectivity index (χ0v) is 23.5. The van der Waals surface area contributed by atoms with E-state index < -0.39 is 43.2 Å². The zero-order chi connectivity index (χ0) is 26.3. The number of nitrogens with one attached hydrogen (secondary N) is 1. The fourth-order valence-corrected chi connectivity index (χ4v) is 6.39. The Morgan fingerprint density at radius 3 is 2.20 bits per heavy atom. The Bertz CT molecular complexity index is 940. The Balaban J connectivity index is 2.06. The van der Waals surface area contributed by atoms with Gasteiger partial charge in [-0.05, 0) is 56.3 Å². The Hall–Kier alpha value is -1.95. The van der Waals surface area contributed by atoms with Crippen molar-refractivity contribution in [3.05, 3.63) is 35.9 Å². The highest BCUT2D eigenvalue weighted by atomic mass is 32.2. The molecule has 9 nitrogen and oxygen atoms in total. The lowest BCUT2D eigenvalue weighted by atomic mass is 9.93. The first kappa shape index (κ1) is 29.3. The summed E-state index contributed by atoms with van der Waals surface area (Å²) < 4.78 is 45.8. The number of benzene rings is 1. The molecule has 198 valence electrons. The second kappa shape index (κ2) is 12.3. The van der Waals surface area contributed by atoms with E-state index in [1.165, 1.54) is 0 Å². The van der Waals surface area contributed by atoms with Crippen molar-refractivity contribution in [1.82, 2.24) is 9.03 Å². The largest absolute Gasteiger partial charge is 0.465 e. The third kappa shape index (κ3) is 8.89. The fraction of sp³-hybridized carbons (Fsp3) is 0.667. The molecule has 0 aliphatic heterocycles. The lowest BCUT2D eigenvalue weighted by Crippen LogP contribution is -2.52. The van der Waals surface area contributed by atoms with Crippen LogP contribution in [0.15, 0.2) is 30.3 Å². The Morgan fingerprint density at radius 1 is 1.06 bits per heavy atom. The van der Waals surface area contributed by atoms with Gasteiger partial charge in [0.25, 0.3) is 0 Å². The normalized spacial score (nSPS) is 19.3. The second-order valence-corrected chi connectivity index (χ2v) is 16.7. The number of hydrogen-bond acceptors (Lipinski definition) is 7. The molecule has 1 aliphatic carbocycles. The average Bonchev–Trinajstić information content (AvgIpc) is 2.76. The molecule has 1 aromatic rings. The molecule has 1 fully saturated rings. The van der Waals surface area contributed by atoms with Gasteiger partial charge < -0.3 is 13.9 Å². The third-order valence-electron chi connectivity index (χ3n) is 6.64. The smallest absolute Gasteiger partial charge is 0.422 e. The van der Waals surface area contributed by atoms with Gasteiger partial charge in [0, 0.05) is 12.1 Å². The molecule has 11 heteroatoms. The molecule has 1 saturated carbocycles. The number of rotatable bonds is 10. The van der Waals surface area contributed by atoms with Crippen LogP contribution in [-0.4, -0.2) is 58.4 Å². The molecule has 0 bridgehead atoms. The maximum absolute atomic E-state index is 13.1. The predicted molar refractivity (Wildman–Crippen MR) is 136 cm³/mol. The average molecular weight is 529 g/mol. The van der Waals surface area contributed by atoms with Crippen molar-refractivity contribution in [3.63, 3.8) is 0 Å². The van der Waals surface area contributed by atoms with E-state index in [1.54, 1.807) is 31.2 Å². The van der Waals surface area contributed by atoms with Crippen LogP contribution in [0.3, 0.4) is 0 Å². The molecule has 0 saturated heterocycles. The van der Waals surface area contributed by atoms with Crippen LogP contribution >= 0.6 is 0 Å². The van der Waals surface area contributed by atoms with Crippen LogP contribution in [-0.2, 0) is 35.5 Å². The van der Waals surface area contributed by atoms with Crippen molar-refractivity contribution in [2.45, 2.75) is 90.3 Å². The van der Waals surface area contributed by atoms with Gasteiger partial charge in [-0.3, -0.25) is 4.79 Å². The monoisotopic (exact) mass is 528 g/mol. The van der Waals surface area contributed by atoms with Gasteiger partial charge >= 0.3 is 22.3 Å². The molecular formula is C24H40N2O7SSi. The molecule has 0 spiro atoms. The van der Waals surface area contributed by atoms with Crippen molar-refractivity contribution in [1.29, 1.82) is 0 Å². The van der Waals surface area contributed by atoms with Gasteiger partial charge in [-0.15, -0.1) is 0 Å². The molecule has 2 rings (SSSR count). The molecule has 0 heterocycles. The topological polar surface area (TPSA) is 111 Å². The first-order valence-corrected chi connectivity index (χ1v) is 16.4. The summed E-state index contributed by atoms with van der Waals surface area (Å²) in [6.07, 6.45) is 1.31. The summed E-state index contributed by atoms with van der Waals surface area (Å²) in [5.74, 6) is -0.671. The molecule has 1 N–H and O–H groups in total. The summed E-state index contributed by atoms with van der Waals surface area (Å²) in [5.41, 5.74) is 0.725. The van der Waals surface area contributed by atoms with Gasteiger partial charge in [-0.25, -0.2) is 9.52 Å². The van der Waals surface area contributed by atoms with E-state index in [0.29, 0.717) is 25.7 Å². The second-order valence-electron chi connectivity index (χ2n) is 10.3.